The average Bonchev–Trinajstić information content (AvgIpc) is 3.18. The summed E-state index contributed by atoms with van der Waals surface area (Å²) in [5.74, 6) is 2.15. The maximum absolute atomic E-state index is 10.6. The van der Waals surface area contributed by atoms with Crippen LogP contribution in [0.15, 0.2) is 24.3 Å². The molecule has 0 aliphatic heterocycles. The van der Waals surface area contributed by atoms with E-state index in [0.29, 0.717) is 17.8 Å². The highest BCUT2D eigenvalue weighted by Gasteiger charge is 2.56. The van der Waals surface area contributed by atoms with E-state index in [1.807, 2.05) is 0 Å². The van der Waals surface area contributed by atoms with Gasteiger partial charge >= 0.3 is 0 Å². The van der Waals surface area contributed by atoms with Gasteiger partial charge in [0.25, 0.3) is 0 Å². The van der Waals surface area contributed by atoms with Gasteiger partial charge in [-0.05, 0) is 54.1 Å². The molecule has 1 fully saturated rings. The Hall–Kier alpha value is -0.860. The van der Waals surface area contributed by atoms with Crippen molar-refractivity contribution in [1.29, 1.82) is 0 Å². The van der Waals surface area contributed by atoms with Crippen LogP contribution in [0.4, 0.5) is 0 Å². The number of aryl methyl sites for hydroxylation is 1. The molecule has 0 spiro atoms. The van der Waals surface area contributed by atoms with E-state index in [1.54, 1.807) is 7.11 Å². The van der Waals surface area contributed by atoms with E-state index in [9.17, 15) is 5.11 Å². The molecule has 5 unspecified atom stereocenters. The van der Waals surface area contributed by atoms with Crippen LogP contribution < -0.4 is 0 Å². The van der Waals surface area contributed by atoms with Gasteiger partial charge in [0, 0.05) is 13.7 Å². The van der Waals surface area contributed by atoms with Gasteiger partial charge < -0.3 is 9.84 Å². The van der Waals surface area contributed by atoms with Gasteiger partial charge in [0.15, 0.2) is 0 Å². The second-order valence-electron chi connectivity index (χ2n) is 6.25. The maximum Gasteiger partial charge on any atom is 0.0603 e. The second-order valence-corrected chi connectivity index (χ2v) is 6.25. The zero-order chi connectivity index (χ0) is 13.4. The van der Waals surface area contributed by atoms with Crippen LogP contribution in [0.25, 0.3) is 0 Å². The van der Waals surface area contributed by atoms with Gasteiger partial charge in [-0.25, -0.2) is 0 Å². The fourth-order valence-corrected chi connectivity index (χ4v) is 3.94. The lowest BCUT2D eigenvalue weighted by atomic mass is 9.92. The monoisotopic (exact) mass is 260 g/mol. The number of aliphatic hydroxyl groups is 1. The lowest BCUT2D eigenvalue weighted by Gasteiger charge is -2.19. The van der Waals surface area contributed by atoms with Crippen LogP contribution in [0.5, 0.6) is 0 Å². The van der Waals surface area contributed by atoms with Crippen LogP contribution in [0.3, 0.4) is 0 Å². The first kappa shape index (κ1) is 13.1. The fraction of sp³-hybridized carbons (Fsp3) is 0.647. The standard InChI is InChI=1S/C17H24O2/c1-11(9-10-19-2)17(18)16-14-8-7-12-5-3-4-6-13(12)15(14)16/h3-6,11,14-18H,7-10H2,1-2H3. The Labute approximate surface area is 115 Å². The van der Waals surface area contributed by atoms with E-state index in [0.717, 1.165) is 18.9 Å². The van der Waals surface area contributed by atoms with Crippen LogP contribution in [0.2, 0.25) is 0 Å². The predicted molar refractivity (Wildman–Crippen MR) is 76.1 cm³/mol. The smallest absolute Gasteiger partial charge is 0.0603 e. The molecule has 0 amide bonds. The average molecular weight is 260 g/mol. The molecule has 2 aliphatic rings. The fourth-order valence-electron chi connectivity index (χ4n) is 3.94. The first-order valence-electron chi connectivity index (χ1n) is 7.49. The minimum absolute atomic E-state index is 0.170. The Morgan fingerprint density at radius 3 is 2.95 bits per heavy atom. The molecule has 0 saturated heterocycles. The van der Waals surface area contributed by atoms with Gasteiger partial charge in [-0.15, -0.1) is 0 Å². The summed E-state index contributed by atoms with van der Waals surface area (Å²) in [6.07, 6.45) is 3.22. The van der Waals surface area contributed by atoms with Gasteiger partial charge in [0.1, 0.15) is 0 Å². The summed E-state index contributed by atoms with van der Waals surface area (Å²) in [5, 5.41) is 10.6. The van der Waals surface area contributed by atoms with Crippen LogP contribution >= 0.6 is 0 Å². The summed E-state index contributed by atoms with van der Waals surface area (Å²) in [4.78, 5) is 0. The van der Waals surface area contributed by atoms with E-state index >= 15 is 0 Å². The molecule has 2 aliphatic carbocycles. The number of hydrogen-bond acceptors (Lipinski definition) is 2. The number of ether oxygens (including phenoxy) is 1. The highest BCUT2D eigenvalue weighted by molar-refractivity contribution is 5.39. The van der Waals surface area contributed by atoms with E-state index in [4.69, 9.17) is 4.74 Å². The molecule has 0 radical (unpaired) electrons. The lowest BCUT2D eigenvalue weighted by Crippen LogP contribution is -2.22. The summed E-state index contributed by atoms with van der Waals surface area (Å²) in [6, 6.07) is 8.78. The lowest BCUT2D eigenvalue weighted by molar-refractivity contribution is 0.0665. The molecular weight excluding hydrogens is 236 g/mol. The topological polar surface area (TPSA) is 29.5 Å². The first-order chi connectivity index (χ1) is 9.24. The molecule has 2 nitrogen and oxygen atoms in total. The third-order valence-electron chi connectivity index (χ3n) is 5.15. The normalized spacial score (nSPS) is 31.2. The van der Waals surface area contributed by atoms with Crippen molar-refractivity contribution in [3.63, 3.8) is 0 Å². The zero-order valence-electron chi connectivity index (χ0n) is 11.9. The summed E-state index contributed by atoms with van der Waals surface area (Å²) in [6.45, 7) is 2.90. The second kappa shape index (κ2) is 5.26. The molecular formula is C17H24O2. The number of rotatable bonds is 5. The molecule has 1 aromatic carbocycles. The largest absolute Gasteiger partial charge is 0.393 e. The molecule has 1 aromatic rings. The summed E-state index contributed by atoms with van der Waals surface area (Å²) >= 11 is 0. The highest BCUT2D eigenvalue weighted by atomic mass is 16.5. The first-order valence-corrected chi connectivity index (χ1v) is 7.49. The Morgan fingerprint density at radius 2 is 2.16 bits per heavy atom. The quantitative estimate of drug-likeness (QED) is 0.882. The van der Waals surface area contributed by atoms with Crippen LogP contribution in [0.1, 0.15) is 36.8 Å². The molecule has 0 aromatic heterocycles. The van der Waals surface area contributed by atoms with Crippen molar-refractivity contribution < 1.29 is 9.84 Å². The van der Waals surface area contributed by atoms with Gasteiger partial charge in [-0.1, -0.05) is 31.2 Å². The number of fused-ring (bicyclic) bond motifs is 3. The van der Waals surface area contributed by atoms with Crippen molar-refractivity contribution in [2.75, 3.05) is 13.7 Å². The zero-order valence-corrected chi connectivity index (χ0v) is 11.9. The van der Waals surface area contributed by atoms with E-state index in [-0.39, 0.29) is 6.10 Å². The molecule has 5 atom stereocenters. The van der Waals surface area contributed by atoms with Crippen molar-refractivity contribution in [3.8, 4) is 0 Å². The minimum atomic E-state index is -0.170. The Kier molecular flexibility index (Phi) is 3.64. The molecule has 0 heterocycles. The molecule has 2 heteroatoms. The molecule has 0 bridgehead atoms. The molecule has 1 N–H and O–H groups in total. The van der Waals surface area contributed by atoms with E-state index < -0.39 is 0 Å². The maximum atomic E-state index is 10.6. The van der Waals surface area contributed by atoms with Crippen LogP contribution in [-0.2, 0) is 11.2 Å². The molecule has 1 saturated carbocycles. The van der Waals surface area contributed by atoms with Gasteiger partial charge in [-0.3, -0.25) is 0 Å². The highest BCUT2D eigenvalue weighted by Crippen LogP contribution is 2.62. The van der Waals surface area contributed by atoms with E-state index in [1.165, 1.54) is 24.0 Å². The predicted octanol–water partition coefficient (Wildman–Crippen LogP) is 3.00. The summed E-state index contributed by atoms with van der Waals surface area (Å²) in [7, 11) is 1.73. The molecule has 3 rings (SSSR count). The van der Waals surface area contributed by atoms with Gasteiger partial charge in [0.2, 0.25) is 0 Å². The summed E-state index contributed by atoms with van der Waals surface area (Å²) in [5.41, 5.74) is 3.00. The summed E-state index contributed by atoms with van der Waals surface area (Å²) < 4.78 is 5.13. The van der Waals surface area contributed by atoms with Crippen molar-refractivity contribution in [3.05, 3.63) is 35.4 Å². The van der Waals surface area contributed by atoms with Gasteiger partial charge in [0.05, 0.1) is 6.10 Å². The molecule has 19 heavy (non-hydrogen) atoms. The number of methoxy groups -OCH3 is 1. The SMILES string of the molecule is COCCC(C)C(O)C1C2CCc3ccccc3C21. The van der Waals surface area contributed by atoms with Crippen molar-refractivity contribution in [1.82, 2.24) is 0 Å². The van der Waals surface area contributed by atoms with Crippen LogP contribution in [-0.4, -0.2) is 24.9 Å². The number of benzene rings is 1. The Morgan fingerprint density at radius 1 is 1.37 bits per heavy atom. The van der Waals surface area contributed by atoms with Crippen molar-refractivity contribution in [2.45, 2.75) is 38.2 Å². The third kappa shape index (κ3) is 2.32. The third-order valence-corrected chi connectivity index (χ3v) is 5.15. The van der Waals surface area contributed by atoms with Crippen molar-refractivity contribution in [2.24, 2.45) is 17.8 Å². The molecule has 104 valence electrons. The van der Waals surface area contributed by atoms with Crippen LogP contribution in [0, 0.1) is 17.8 Å². The Bertz CT molecular complexity index is 443. The minimum Gasteiger partial charge on any atom is -0.393 e. The number of aliphatic hydroxyl groups excluding tert-OH is 1. The Balaban J connectivity index is 1.70. The van der Waals surface area contributed by atoms with Crippen molar-refractivity contribution >= 4 is 0 Å². The van der Waals surface area contributed by atoms with E-state index in [2.05, 4.69) is 31.2 Å². The number of hydrogen-bond donors (Lipinski definition) is 1. The van der Waals surface area contributed by atoms with Gasteiger partial charge in [-0.2, -0.15) is 0 Å².